The van der Waals surface area contributed by atoms with Crippen LogP contribution in [0.1, 0.15) is 33.5 Å². The minimum atomic E-state index is -1.71. The van der Waals surface area contributed by atoms with Crippen LogP contribution in [0.5, 0.6) is 0 Å². The van der Waals surface area contributed by atoms with Gasteiger partial charge in [-0.05, 0) is 53.8 Å². The molecule has 0 fully saturated rings. The molecule has 0 radical (unpaired) electrons. The number of fused-ring (bicyclic) bond motifs is 6. The van der Waals surface area contributed by atoms with Crippen molar-refractivity contribution in [2.24, 2.45) is 5.73 Å². The molecule has 7 rings (SSSR count). The lowest BCUT2D eigenvalue weighted by molar-refractivity contribution is -0.436. The van der Waals surface area contributed by atoms with Crippen molar-refractivity contribution in [2.75, 3.05) is 0 Å². The van der Waals surface area contributed by atoms with Crippen LogP contribution in [0, 0.1) is 35.3 Å². The van der Waals surface area contributed by atoms with E-state index in [0.717, 1.165) is 22.3 Å². The van der Waals surface area contributed by atoms with Crippen LogP contribution in [-0.2, 0) is 18.5 Å². The first-order chi connectivity index (χ1) is 21.8. The van der Waals surface area contributed by atoms with E-state index in [1.807, 2.05) is 111 Å². The summed E-state index contributed by atoms with van der Waals surface area (Å²) in [5.41, 5.74) is 12.3. The normalized spacial score (nSPS) is 17.0. The van der Waals surface area contributed by atoms with Crippen molar-refractivity contribution >= 4 is 11.0 Å². The molecule has 3 N–H and O–H groups in total. The van der Waals surface area contributed by atoms with Crippen LogP contribution in [-0.4, -0.2) is 19.8 Å². The fourth-order valence-electron chi connectivity index (χ4n) is 6.52. The maximum Gasteiger partial charge on any atom is 0.308 e. The van der Waals surface area contributed by atoms with Crippen molar-refractivity contribution in [3.8, 4) is 17.3 Å². The highest BCUT2D eigenvalue weighted by Gasteiger charge is 2.62. The fourth-order valence-corrected chi connectivity index (χ4v) is 6.52. The average Bonchev–Trinajstić information content (AvgIpc) is 3.31. The Kier molecular flexibility index (Phi) is 6.56. The smallest absolute Gasteiger partial charge is 0.308 e. The van der Waals surface area contributed by atoms with Crippen LogP contribution in [0.25, 0.3) is 22.3 Å². The van der Waals surface area contributed by atoms with Gasteiger partial charge >= 0.3 is 5.70 Å². The first kappa shape index (κ1) is 27.8. The number of allylic oxidation sites excluding steroid dienone is 1. The SMILES string of the molecule is Cc1cc2nc3c(nc2cc1C)C1(C(C#N)=C(N)N(Cc2ccccc2)C(NCc2ccccc2)=C1[N+](=O)[O-])c1ccccc1-3. The average molecular weight is 592 g/mol. The number of aryl methyl sites for hydroxylation is 2. The Bertz CT molecular complexity index is 2120. The first-order valence-electron chi connectivity index (χ1n) is 14.6. The first-order valence-corrected chi connectivity index (χ1v) is 14.6. The van der Waals surface area contributed by atoms with Crippen LogP contribution in [0.3, 0.4) is 0 Å². The second-order valence-corrected chi connectivity index (χ2v) is 11.4. The number of aromatic nitrogens is 2. The van der Waals surface area contributed by atoms with Gasteiger partial charge in [-0.25, -0.2) is 9.97 Å². The number of hydrogen-bond donors (Lipinski definition) is 2. The molecule has 0 bridgehead atoms. The van der Waals surface area contributed by atoms with Gasteiger partial charge in [0.1, 0.15) is 11.9 Å². The number of nitrogens with two attached hydrogens (primary N) is 1. The third kappa shape index (κ3) is 4.22. The number of nitrogens with zero attached hydrogens (tertiary/aromatic N) is 5. The lowest BCUT2D eigenvalue weighted by Gasteiger charge is -2.39. The highest BCUT2D eigenvalue weighted by Crippen LogP contribution is 2.58. The predicted molar refractivity (Wildman–Crippen MR) is 171 cm³/mol. The third-order valence-electron chi connectivity index (χ3n) is 8.77. The Morgan fingerprint density at radius 1 is 0.911 bits per heavy atom. The molecule has 0 amide bonds. The van der Waals surface area contributed by atoms with Crippen LogP contribution < -0.4 is 11.1 Å². The molecule has 1 aromatic heterocycles. The summed E-state index contributed by atoms with van der Waals surface area (Å²) < 4.78 is 0. The van der Waals surface area contributed by atoms with E-state index in [2.05, 4.69) is 11.4 Å². The predicted octanol–water partition coefficient (Wildman–Crippen LogP) is 5.96. The Hall–Kier alpha value is -6.01. The molecule has 1 aliphatic carbocycles. The number of nitrogens with one attached hydrogen (secondary N) is 1. The minimum absolute atomic E-state index is 0.0408. The van der Waals surface area contributed by atoms with E-state index < -0.39 is 10.3 Å². The Labute approximate surface area is 260 Å². The maximum atomic E-state index is 13.5. The number of benzene rings is 4. The van der Waals surface area contributed by atoms with Gasteiger partial charge in [0.15, 0.2) is 11.2 Å². The Morgan fingerprint density at radius 2 is 1.51 bits per heavy atom. The summed E-state index contributed by atoms with van der Waals surface area (Å²) in [4.78, 5) is 24.9. The quantitative estimate of drug-likeness (QED) is 0.183. The van der Waals surface area contributed by atoms with Gasteiger partial charge in [0.2, 0.25) is 0 Å². The molecule has 1 spiro atoms. The molecule has 1 aliphatic heterocycles. The van der Waals surface area contributed by atoms with Crippen molar-refractivity contribution < 1.29 is 4.92 Å². The van der Waals surface area contributed by atoms with Gasteiger partial charge in [0, 0.05) is 12.1 Å². The largest absolute Gasteiger partial charge is 0.384 e. The molecular weight excluding hydrogens is 562 g/mol. The van der Waals surface area contributed by atoms with Gasteiger partial charge in [-0.3, -0.25) is 10.1 Å². The summed E-state index contributed by atoms with van der Waals surface area (Å²) in [6.45, 7) is 4.50. The van der Waals surface area contributed by atoms with Gasteiger partial charge in [-0.2, -0.15) is 5.26 Å². The molecule has 2 heterocycles. The molecule has 2 aliphatic rings. The highest BCUT2D eigenvalue weighted by atomic mass is 16.6. The molecular formula is C36H29N7O2. The zero-order valence-electron chi connectivity index (χ0n) is 24.8. The summed E-state index contributed by atoms with van der Waals surface area (Å²) in [7, 11) is 0. The molecule has 220 valence electrons. The summed E-state index contributed by atoms with van der Waals surface area (Å²) in [6.07, 6.45) is 0. The molecule has 45 heavy (non-hydrogen) atoms. The maximum absolute atomic E-state index is 13.5. The zero-order chi connectivity index (χ0) is 31.3. The van der Waals surface area contributed by atoms with E-state index in [1.54, 1.807) is 4.90 Å². The summed E-state index contributed by atoms with van der Waals surface area (Å²) in [5, 5.41) is 27.8. The van der Waals surface area contributed by atoms with Crippen LogP contribution in [0.4, 0.5) is 0 Å². The molecule has 9 heteroatoms. The highest BCUT2D eigenvalue weighted by molar-refractivity contribution is 5.88. The Morgan fingerprint density at radius 3 is 2.16 bits per heavy atom. The van der Waals surface area contributed by atoms with E-state index in [-0.39, 0.29) is 29.5 Å². The van der Waals surface area contributed by atoms with E-state index in [4.69, 9.17) is 15.7 Å². The van der Waals surface area contributed by atoms with Gasteiger partial charge < -0.3 is 16.0 Å². The van der Waals surface area contributed by atoms with Gasteiger partial charge in [-0.15, -0.1) is 0 Å². The van der Waals surface area contributed by atoms with E-state index in [0.29, 0.717) is 40.1 Å². The monoisotopic (exact) mass is 591 g/mol. The Balaban J connectivity index is 1.57. The topological polar surface area (TPSA) is 134 Å². The van der Waals surface area contributed by atoms with Crippen molar-refractivity contribution in [3.63, 3.8) is 0 Å². The molecule has 0 saturated carbocycles. The number of nitro groups is 1. The number of hydrogen-bond acceptors (Lipinski definition) is 8. The third-order valence-corrected chi connectivity index (χ3v) is 8.77. The van der Waals surface area contributed by atoms with Crippen LogP contribution in [0.15, 0.2) is 120 Å². The fraction of sp³-hybridized carbons (Fsp3) is 0.139. The zero-order valence-corrected chi connectivity index (χ0v) is 24.8. The standard InChI is InChI=1S/C36H29N7O2/c1-22-17-29-30(18-23(22)2)41-32-31(40-29)26-15-9-10-16-27(26)36(32)28(19-37)34(38)42(21-25-13-7-4-8-14-25)35(33(36)43(44)45)39-20-24-11-5-3-6-12-24/h3-18,39H,20-21,38H2,1-2H3. The van der Waals surface area contributed by atoms with Crippen molar-refractivity contribution in [1.82, 2.24) is 20.2 Å². The molecule has 5 aromatic rings. The second kappa shape index (κ2) is 10.6. The number of rotatable bonds is 6. The van der Waals surface area contributed by atoms with Crippen LogP contribution >= 0.6 is 0 Å². The van der Waals surface area contributed by atoms with Gasteiger partial charge in [0.05, 0.1) is 39.5 Å². The van der Waals surface area contributed by atoms with Crippen LogP contribution in [0.2, 0.25) is 0 Å². The van der Waals surface area contributed by atoms with E-state index in [9.17, 15) is 15.4 Å². The van der Waals surface area contributed by atoms with E-state index >= 15 is 0 Å². The van der Waals surface area contributed by atoms with Gasteiger partial charge in [0.25, 0.3) is 0 Å². The number of nitriles is 1. The van der Waals surface area contributed by atoms with E-state index in [1.165, 1.54) is 0 Å². The summed E-state index contributed by atoms with van der Waals surface area (Å²) >= 11 is 0. The molecule has 1 unspecified atom stereocenters. The lowest BCUT2D eigenvalue weighted by atomic mass is 9.70. The van der Waals surface area contributed by atoms with Crippen molar-refractivity contribution in [2.45, 2.75) is 32.4 Å². The lowest BCUT2D eigenvalue weighted by Crippen LogP contribution is -2.49. The molecule has 4 aromatic carbocycles. The summed E-state index contributed by atoms with van der Waals surface area (Å²) in [5.74, 6) is 0.320. The molecule has 0 saturated heterocycles. The minimum Gasteiger partial charge on any atom is -0.384 e. The molecule has 9 nitrogen and oxygen atoms in total. The van der Waals surface area contributed by atoms with Gasteiger partial charge in [-0.1, -0.05) is 84.9 Å². The van der Waals surface area contributed by atoms with Crippen molar-refractivity contribution in [1.29, 1.82) is 5.26 Å². The summed E-state index contributed by atoms with van der Waals surface area (Å²) in [6, 6.07) is 32.8. The molecule has 1 atom stereocenters. The second-order valence-electron chi connectivity index (χ2n) is 11.4. The van der Waals surface area contributed by atoms with Crippen molar-refractivity contribution in [3.05, 3.63) is 164 Å².